The first-order chi connectivity index (χ1) is 13.3. The van der Waals surface area contributed by atoms with Gasteiger partial charge in [0.15, 0.2) is 19.3 Å². The van der Waals surface area contributed by atoms with Crippen molar-refractivity contribution >= 4 is 30.1 Å². The molecular weight excluding hydrogens is 416 g/mol. The zero-order chi connectivity index (χ0) is 21.8. The highest BCUT2D eigenvalue weighted by Crippen LogP contribution is 2.44. The molecule has 9 nitrogen and oxygen atoms in total. The molecule has 1 aliphatic heterocycles. The van der Waals surface area contributed by atoms with Gasteiger partial charge >= 0.3 is 6.09 Å². The molecule has 1 saturated carbocycles. The average Bonchev–Trinajstić information content (AvgIpc) is 3.12. The van der Waals surface area contributed by atoms with Crippen molar-refractivity contribution in [3.05, 3.63) is 34.4 Å². The van der Waals surface area contributed by atoms with E-state index in [2.05, 4.69) is 33.9 Å². The Hall–Kier alpha value is -1.98. The van der Waals surface area contributed by atoms with Crippen LogP contribution in [0.25, 0.3) is 0 Å². The van der Waals surface area contributed by atoms with Crippen LogP contribution in [0, 0.1) is 10.1 Å². The van der Waals surface area contributed by atoms with Gasteiger partial charge in [0.1, 0.15) is 0 Å². The van der Waals surface area contributed by atoms with Crippen LogP contribution in [0.15, 0.2) is 29.2 Å². The summed E-state index contributed by atoms with van der Waals surface area (Å²) in [6.45, 7) is 10.4. The van der Waals surface area contributed by atoms with Gasteiger partial charge in [-0.2, -0.15) is 4.31 Å². The zero-order valence-electron chi connectivity index (χ0n) is 17.1. The van der Waals surface area contributed by atoms with Crippen LogP contribution >= 0.6 is 0 Å². The van der Waals surface area contributed by atoms with Gasteiger partial charge in [0.05, 0.1) is 17.1 Å². The summed E-state index contributed by atoms with van der Waals surface area (Å²) in [5.74, 6) is 0. The third kappa shape index (κ3) is 3.66. The van der Waals surface area contributed by atoms with Gasteiger partial charge in [0.2, 0.25) is 0 Å². The van der Waals surface area contributed by atoms with Crippen molar-refractivity contribution in [3.63, 3.8) is 0 Å². The van der Waals surface area contributed by atoms with Crippen LogP contribution in [-0.4, -0.2) is 50.3 Å². The fourth-order valence-corrected chi connectivity index (χ4v) is 6.56. The van der Waals surface area contributed by atoms with Crippen molar-refractivity contribution in [2.45, 2.75) is 74.9 Å². The van der Waals surface area contributed by atoms with Gasteiger partial charge in [-0.05, 0) is 37.0 Å². The highest BCUT2D eigenvalue weighted by Gasteiger charge is 2.57. The largest absolute Gasteiger partial charge is 0.440 e. The molecule has 0 radical (unpaired) electrons. The van der Waals surface area contributed by atoms with E-state index in [0.29, 0.717) is 17.1 Å². The van der Waals surface area contributed by atoms with E-state index in [1.54, 1.807) is 0 Å². The van der Waals surface area contributed by atoms with Crippen molar-refractivity contribution in [2.75, 3.05) is 0 Å². The molecule has 1 aromatic rings. The summed E-state index contributed by atoms with van der Waals surface area (Å²) < 4.78 is 38.8. The highest BCUT2D eigenvalue weighted by atomic mass is 32.2. The Kier molecular flexibility index (Phi) is 5.29. The predicted octanol–water partition coefficient (Wildman–Crippen LogP) is 3.66. The number of carbonyl (C=O) groups is 1. The third-order valence-corrected chi connectivity index (χ3v) is 12.4. The lowest BCUT2D eigenvalue weighted by molar-refractivity contribution is -0.387. The highest BCUT2D eigenvalue weighted by molar-refractivity contribution is 7.89. The number of hydrogen-bond donors (Lipinski definition) is 0. The number of nitrogens with zero attached hydrogens (tertiary/aromatic N) is 2. The lowest BCUT2D eigenvalue weighted by Gasteiger charge is -2.39. The second-order valence-corrected chi connectivity index (χ2v) is 15.5. The first-order valence-electron chi connectivity index (χ1n) is 9.43. The summed E-state index contributed by atoms with van der Waals surface area (Å²) in [4.78, 5) is 22.5. The van der Waals surface area contributed by atoms with E-state index in [1.165, 1.54) is 12.1 Å². The SMILES string of the molecule is CC(C)(C)[Si](C)(C)O[C@@H]1CCC2[C@H]1OC(=O)N2S(=O)(=O)c1ccccc1[N+](=O)[O-]. The third-order valence-electron chi connectivity index (χ3n) is 6.06. The van der Waals surface area contributed by atoms with Crippen molar-refractivity contribution in [1.29, 1.82) is 0 Å². The Balaban J connectivity index is 1.91. The number of nitro benzene ring substituents is 1. The maximum absolute atomic E-state index is 13.2. The Labute approximate surface area is 171 Å². The molecule has 0 spiro atoms. The lowest BCUT2D eigenvalue weighted by atomic mass is 10.2. The number of fused-ring (bicyclic) bond motifs is 1. The number of amides is 1. The van der Waals surface area contributed by atoms with Crippen LogP contribution in [0.3, 0.4) is 0 Å². The molecule has 3 atom stereocenters. The molecule has 1 heterocycles. The van der Waals surface area contributed by atoms with E-state index in [1.807, 2.05) is 0 Å². The molecule has 2 fully saturated rings. The molecule has 1 aliphatic carbocycles. The van der Waals surface area contributed by atoms with Crippen LogP contribution in [0.5, 0.6) is 0 Å². The zero-order valence-corrected chi connectivity index (χ0v) is 18.9. The summed E-state index contributed by atoms with van der Waals surface area (Å²) in [5.41, 5.74) is -0.573. The van der Waals surface area contributed by atoms with E-state index < -0.39 is 58.2 Å². The molecule has 1 unspecified atom stereocenters. The molecule has 2 aliphatic rings. The van der Waals surface area contributed by atoms with Crippen LogP contribution in [0.2, 0.25) is 18.1 Å². The second-order valence-electron chi connectivity index (χ2n) is 8.94. The minimum absolute atomic E-state index is 0.0515. The van der Waals surface area contributed by atoms with E-state index in [9.17, 15) is 23.3 Å². The summed E-state index contributed by atoms with van der Waals surface area (Å²) in [6, 6.07) is 4.26. The molecule has 0 aromatic heterocycles. The Morgan fingerprint density at radius 3 is 2.45 bits per heavy atom. The van der Waals surface area contributed by atoms with Gasteiger partial charge < -0.3 is 9.16 Å². The molecule has 29 heavy (non-hydrogen) atoms. The van der Waals surface area contributed by atoms with Crippen molar-refractivity contribution in [2.24, 2.45) is 0 Å². The summed E-state index contributed by atoms with van der Waals surface area (Å²) in [7, 11) is -6.60. The molecule has 0 N–H and O–H groups in total. The fraction of sp³-hybridized carbons (Fsp3) is 0.611. The molecule has 1 saturated heterocycles. The van der Waals surface area contributed by atoms with E-state index in [4.69, 9.17) is 9.16 Å². The van der Waals surface area contributed by atoms with Gasteiger partial charge in [-0.1, -0.05) is 32.9 Å². The number of carbonyl (C=O) groups excluding carboxylic acids is 1. The topological polar surface area (TPSA) is 116 Å². The molecule has 160 valence electrons. The first kappa shape index (κ1) is 21.7. The maximum atomic E-state index is 13.2. The molecule has 0 bridgehead atoms. The number of para-hydroxylation sites is 1. The maximum Gasteiger partial charge on any atom is 0.424 e. The summed E-state index contributed by atoms with van der Waals surface area (Å²) in [5, 5.41) is 11.2. The minimum Gasteiger partial charge on any atom is -0.440 e. The second kappa shape index (κ2) is 7.06. The lowest BCUT2D eigenvalue weighted by Crippen LogP contribution is -2.47. The van der Waals surface area contributed by atoms with Crippen molar-refractivity contribution < 1.29 is 27.3 Å². The number of benzene rings is 1. The predicted molar refractivity (Wildman–Crippen MR) is 107 cm³/mol. The Morgan fingerprint density at radius 2 is 1.86 bits per heavy atom. The monoisotopic (exact) mass is 442 g/mol. The number of nitro groups is 1. The normalized spacial score (nSPS) is 25.1. The van der Waals surface area contributed by atoms with E-state index >= 15 is 0 Å². The van der Waals surface area contributed by atoms with Crippen LogP contribution in [0.1, 0.15) is 33.6 Å². The molecule has 1 amide bonds. The summed E-state index contributed by atoms with van der Waals surface area (Å²) in [6.07, 6.45) is -1.18. The quantitative estimate of drug-likeness (QED) is 0.388. The van der Waals surface area contributed by atoms with Gasteiger partial charge in [0, 0.05) is 6.07 Å². The average molecular weight is 443 g/mol. The molecule has 3 rings (SSSR count). The number of ether oxygens (including phenoxy) is 1. The van der Waals surface area contributed by atoms with Crippen LogP contribution in [0.4, 0.5) is 10.5 Å². The molecule has 1 aromatic carbocycles. The Morgan fingerprint density at radius 1 is 1.24 bits per heavy atom. The minimum atomic E-state index is -4.44. The first-order valence-corrected chi connectivity index (χ1v) is 13.8. The van der Waals surface area contributed by atoms with Gasteiger partial charge in [-0.25, -0.2) is 13.2 Å². The van der Waals surface area contributed by atoms with Crippen LogP contribution in [-0.2, 0) is 19.2 Å². The van der Waals surface area contributed by atoms with Gasteiger partial charge in [-0.15, -0.1) is 0 Å². The fourth-order valence-electron chi connectivity index (χ4n) is 3.51. The van der Waals surface area contributed by atoms with E-state index in [0.717, 1.165) is 12.1 Å². The van der Waals surface area contributed by atoms with Crippen molar-refractivity contribution in [1.82, 2.24) is 4.31 Å². The smallest absolute Gasteiger partial charge is 0.424 e. The summed E-state index contributed by atoms with van der Waals surface area (Å²) >= 11 is 0. The number of sulfonamides is 1. The standard InChI is InChI=1S/C18H26N2O7SSi/c1-18(2,3)29(4,5)27-14-11-10-13-16(14)26-17(21)19(13)28(24,25)15-9-7-6-8-12(15)20(22)23/h6-9,13-14,16H,10-11H2,1-5H3/t13?,14-,16-/m1/s1. The van der Waals surface area contributed by atoms with Gasteiger partial charge in [0.25, 0.3) is 15.7 Å². The number of hydrogen-bond acceptors (Lipinski definition) is 7. The number of rotatable bonds is 5. The molecular formula is C18H26N2O7SSi. The molecule has 11 heteroatoms. The van der Waals surface area contributed by atoms with Gasteiger partial charge in [-0.3, -0.25) is 10.1 Å². The van der Waals surface area contributed by atoms with Crippen molar-refractivity contribution in [3.8, 4) is 0 Å². The Bertz CT molecular complexity index is 942. The van der Waals surface area contributed by atoms with Crippen LogP contribution < -0.4 is 0 Å². The van der Waals surface area contributed by atoms with E-state index in [-0.39, 0.29) is 5.04 Å².